The van der Waals surface area contributed by atoms with Gasteiger partial charge in [0.2, 0.25) is 0 Å². The number of hydrogen-bond acceptors (Lipinski definition) is 4. The highest BCUT2D eigenvalue weighted by Gasteiger charge is 2.40. The maximum absolute atomic E-state index is 11.6. The van der Waals surface area contributed by atoms with Crippen molar-refractivity contribution in [3.05, 3.63) is 29.8 Å². The van der Waals surface area contributed by atoms with Crippen molar-refractivity contribution < 1.29 is 9.53 Å². The minimum atomic E-state index is -0.133. The average Bonchev–Trinajstić information content (AvgIpc) is 2.25. The molecule has 92 valence electrons. The number of nitrogens with one attached hydrogen (secondary N) is 1. The van der Waals surface area contributed by atoms with Gasteiger partial charge in [0.15, 0.2) is 0 Å². The molecule has 1 aliphatic heterocycles. The SMILES string of the molecule is CCOC(=O)CC1(c2ccc(N)cc2)CNC1. The van der Waals surface area contributed by atoms with E-state index in [1.807, 2.05) is 31.2 Å². The van der Waals surface area contributed by atoms with Crippen molar-refractivity contribution in [3.63, 3.8) is 0 Å². The van der Waals surface area contributed by atoms with Crippen molar-refractivity contribution in [3.8, 4) is 0 Å². The quantitative estimate of drug-likeness (QED) is 0.604. The standard InChI is InChI=1S/C13H18N2O2/c1-2-17-12(16)7-13(8-15-9-13)10-3-5-11(14)6-4-10/h3-6,15H,2,7-9,14H2,1H3. The predicted molar refractivity (Wildman–Crippen MR) is 66.7 cm³/mol. The van der Waals surface area contributed by atoms with Crippen LogP contribution in [0.1, 0.15) is 18.9 Å². The number of nitrogen functional groups attached to an aromatic ring is 1. The van der Waals surface area contributed by atoms with Gasteiger partial charge in [-0.3, -0.25) is 4.79 Å². The third-order valence-electron chi connectivity index (χ3n) is 3.24. The van der Waals surface area contributed by atoms with Gasteiger partial charge in [-0.2, -0.15) is 0 Å². The lowest BCUT2D eigenvalue weighted by Crippen LogP contribution is -2.57. The van der Waals surface area contributed by atoms with Crippen LogP contribution in [0.25, 0.3) is 0 Å². The fourth-order valence-electron chi connectivity index (χ4n) is 2.18. The normalized spacial score (nSPS) is 17.2. The maximum Gasteiger partial charge on any atom is 0.306 e. The van der Waals surface area contributed by atoms with Crippen molar-refractivity contribution in [1.29, 1.82) is 0 Å². The van der Waals surface area contributed by atoms with Crippen LogP contribution >= 0.6 is 0 Å². The first-order chi connectivity index (χ1) is 8.16. The Labute approximate surface area is 101 Å². The molecule has 1 fully saturated rings. The number of carbonyl (C=O) groups is 1. The summed E-state index contributed by atoms with van der Waals surface area (Å²) in [6.07, 6.45) is 0.428. The Morgan fingerprint density at radius 3 is 2.53 bits per heavy atom. The molecule has 4 heteroatoms. The van der Waals surface area contributed by atoms with Gasteiger partial charge in [0.25, 0.3) is 0 Å². The number of esters is 1. The molecule has 3 N–H and O–H groups in total. The van der Waals surface area contributed by atoms with Gasteiger partial charge in [0, 0.05) is 24.2 Å². The van der Waals surface area contributed by atoms with E-state index in [1.165, 1.54) is 0 Å². The number of nitrogens with two attached hydrogens (primary N) is 1. The fraction of sp³-hybridized carbons (Fsp3) is 0.462. The minimum Gasteiger partial charge on any atom is -0.466 e. The monoisotopic (exact) mass is 234 g/mol. The van der Waals surface area contributed by atoms with Crippen LogP contribution in [-0.2, 0) is 14.9 Å². The molecule has 0 aliphatic carbocycles. The smallest absolute Gasteiger partial charge is 0.306 e. The highest BCUT2D eigenvalue weighted by molar-refractivity contribution is 5.72. The molecule has 0 amide bonds. The van der Waals surface area contributed by atoms with Gasteiger partial charge in [-0.05, 0) is 24.6 Å². The van der Waals surface area contributed by atoms with E-state index in [4.69, 9.17) is 10.5 Å². The molecule has 0 atom stereocenters. The predicted octanol–water partition coefficient (Wildman–Crippen LogP) is 1.06. The first-order valence-corrected chi connectivity index (χ1v) is 5.89. The minimum absolute atomic E-state index is 0.111. The Bertz CT molecular complexity index is 396. The van der Waals surface area contributed by atoms with Gasteiger partial charge in [0.05, 0.1) is 13.0 Å². The highest BCUT2D eigenvalue weighted by atomic mass is 16.5. The molecule has 17 heavy (non-hydrogen) atoms. The number of benzene rings is 1. The van der Waals surface area contributed by atoms with Gasteiger partial charge in [-0.15, -0.1) is 0 Å². The first kappa shape index (κ1) is 11.9. The second-order valence-electron chi connectivity index (χ2n) is 4.49. The van der Waals surface area contributed by atoms with E-state index in [-0.39, 0.29) is 11.4 Å². The van der Waals surface area contributed by atoms with Crippen LogP contribution in [-0.4, -0.2) is 25.7 Å². The van der Waals surface area contributed by atoms with Crippen LogP contribution in [0.3, 0.4) is 0 Å². The molecule has 0 unspecified atom stereocenters. The molecule has 0 spiro atoms. The molecule has 1 heterocycles. The topological polar surface area (TPSA) is 64.3 Å². The second-order valence-corrected chi connectivity index (χ2v) is 4.49. The van der Waals surface area contributed by atoms with E-state index in [0.29, 0.717) is 13.0 Å². The molecule has 0 saturated carbocycles. The largest absolute Gasteiger partial charge is 0.466 e. The van der Waals surface area contributed by atoms with Gasteiger partial charge in [0.1, 0.15) is 0 Å². The van der Waals surface area contributed by atoms with Crippen molar-refractivity contribution in [1.82, 2.24) is 5.32 Å². The zero-order valence-corrected chi connectivity index (χ0v) is 10.0. The summed E-state index contributed by atoms with van der Waals surface area (Å²) in [6.45, 7) is 3.89. The molecule has 1 aliphatic rings. The van der Waals surface area contributed by atoms with Crippen molar-refractivity contribution >= 4 is 11.7 Å². The van der Waals surface area contributed by atoms with Crippen molar-refractivity contribution in [2.75, 3.05) is 25.4 Å². The number of carbonyl (C=O) groups excluding carboxylic acids is 1. The van der Waals surface area contributed by atoms with Crippen LogP contribution in [0, 0.1) is 0 Å². The summed E-state index contributed by atoms with van der Waals surface area (Å²) < 4.78 is 5.03. The van der Waals surface area contributed by atoms with Gasteiger partial charge >= 0.3 is 5.97 Å². The third kappa shape index (κ3) is 2.42. The van der Waals surface area contributed by atoms with Crippen LogP contribution in [0.2, 0.25) is 0 Å². The first-order valence-electron chi connectivity index (χ1n) is 5.89. The van der Waals surface area contributed by atoms with Crippen LogP contribution in [0.4, 0.5) is 5.69 Å². The van der Waals surface area contributed by atoms with Gasteiger partial charge in [-0.1, -0.05) is 12.1 Å². The molecule has 0 radical (unpaired) electrons. The summed E-state index contributed by atoms with van der Waals surface area (Å²) in [5.41, 5.74) is 7.45. The lowest BCUT2D eigenvalue weighted by molar-refractivity contribution is -0.145. The molecule has 4 nitrogen and oxygen atoms in total. The lowest BCUT2D eigenvalue weighted by Gasteiger charge is -2.42. The summed E-state index contributed by atoms with van der Waals surface area (Å²) in [5, 5.41) is 3.22. The molecule has 2 rings (SSSR count). The summed E-state index contributed by atoms with van der Waals surface area (Å²) in [7, 11) is 0. The lowest BCUT2D eigenvalue weighted by atomic mass is 9.72. The van der Waals surface area contributed by atoms with Crippen LogP contribution in [0.15, 0.2) is 24.3 Å². The number of anilines is 1. The van der Waals surface area contributed by atoms with E-state index < -0.39 is 0 Å². The molecule has 0 aromatic heterocycles. The zero-order valence-electron chi connectivity index (χ0n) is 10.0. The van der Waals surface area contributed by atoms with Crippen LogP contribution in [0.5, 0.6) is 0 Å². The van der Waals surface area contributed by atoms with Gasteiger partial charge < -0.3 is 15.8 Å². The van der Waals surface area contributed by atoms with E-state index in [0.717, 1.165) is 24.3 Å². The molecular weight excluding hydrogens is 216 g/mol. The third-order valence-corrected chi connectivity index (χ3v) is 3.24. The Balaban J connectivity index is 2.14. The Kier molecular flexibility index (Phi) is 3.33. The number of rotatable bonds is 4. The second kappa shape index (κ2) is 4.75. The molecule has 1 saturated heterocycles. The summed E-state index contributed by atoms with van der Waals surface area (Å²) >= 11 is 0. The fourth-order valence-corrected chi connectivity index (χ4v) is 2.18. The van der Waals surface area contributed by atoms with E-state index in [2.05, 4.69) is 5.32 Å². The van der Waals surface area contributed by atoms with Crippen LogP contribution < -0.4 is 11.1 Å². The van der Waals surface area contributed by atoms with E-state index >= 15 is 0 Å². The molecule has 0 bridgehead atoms. The molecule has 1 aromatic carbocycles. The van der Waals surface area contributed by atoms with Gasteiger partial charge in [-0.25, -0.2) is 0 Å². The van der Waals surface area contributed by atoms with E-state index in [9.17, 15) is 4.79 Å². The Morgan fingerprint density at radius 1 is 1.41 bits per heavy atom. The Hall–Kier alpha value is -1.55. The number of hydrogen-bond donors (Lipinski definition) is 2. The number of ether oxygens (including phenoxy) is 1. The summed E-state index contributed by atoms with van der Waals surface area (Å²) in [6, 6.07) is 7.74. The zero-order chi connectivity index (χ0) is 12.3. The van der Waals surface area contributed by atoms with E-state index in [1.54, 1.807) is 0 Å². The Morgan fingerprint density at radius 2 is 2.06 bits per heavy atom. The summed E-state index contributed by atoms with van der Waals surface area (Å²) in [4.78, 5) is 11.6. The highest BCUT2D eigenvalue weighted by Crippen LogP contribution is 2.33. The summed E-state index contributed by atoms with van der Waals surface area (Å²) in [5.74, 6) is -0.133. The van der Waals surface area contributed by atoms with Crippen molar-refractivity contribution in [2.45, 2.75) is 18.8 Å². The maximum atomic E-state index is 11.6. The average molecular weight is 234 g/mol. The molecular formula is C13H18N2O2. The van der Waals surface area contributed by atoms with Crippen molar-refractivity contribution in [2.24, 2.45) is 0 Å². The molecule has 1 aromatic rings.